The molecule has 9 aromatic rings. The van der Waals surface area contributed by atoms with Gasteiger partial charge in [-0.15, -0.1) is 11.3 Å². The van der Waals surface area contributed by atoms with Gasteiger partial charge in [-0.2, -0.15) is 0 Å². The first-order chi connectivity index (χ1) is 21.2. The van der Waals surface area contributed by atoms with Crippen LogP contribution in [0, 0.1) is 6.57 Å². The van der Waals surface area contributed by atoms with E-state index < -0.39 is 0 Å². The zero-order chi connectivity index (χ0) is 28.5. The van der Waals surface area contributed by atoms with E-state index in [0.717, 1.165) is 60.9 Å². The lowest BCUT2D eigenvalue weighted by atomic mass is 9.98. The number of nitrogens with zero attached hydrogens (tertiary/aromatic N) is 4. The Bertz CT molecular complexity index is 2580. The van der Waals surface area contributed by atoms with E-state index >= 15 is 0 Å². The van der Waals surface area contributed by atoms with Gasteiger partial charge in [0.2, 0.25) is 0 Å². The molecular formula is C38H22N4S. The summed E-state index contributed by atoms with van der Waals surface area (Å²) in [6.07, 6.45) is 2.21. The van der Waals surface area contributed by atoms with Crippen molar-refractivity contribution in [2.45, 2.75) is 0 Å². The molecule has 5 aromatic carbocycles. The number of hydrogen-bond donors (Lipinski definition) is 0. The molecule has 0 amide bonds. The maximum absolute atomic E-state index is 7.61. The lowest BCUT2D eigenvalue weighted by Crippen LogP contribution is -1.92. The molecule has 0 radical (unpaired) electrons. The fourth-order valence-corrected chi connectivity index (χ4v) is 7.44. The number of pyridine rings is 1. The number of benzene rings is 5. The van der Waals surface area contributed by atoms with Gasteiger partial charge in [0.05, 0.1) is 17.6 Å². The van der Waals surface area contributed by atoms with Gasteiger partial charge in [0.15, 0.2) is 5.69 Å². The molecule has 5 heteroatoms. The predicted molar refractivity (Wildman–Crippen MR) is 180 cm³/mol. The van der Waals surface area contributed by atoms with Gasteiger partial charge in [0, 0.05) is 27.4 Å². The Kier molecular flexibility index (Phi) is 5.10. The molecule has 0 fully saturated rings. The molecule has 200 valence electrons. The normalized spacial score (nSPS) is 11.7. The monoisotopic (exact) mass is 566 g/mol. The second-order valence-electron chi connectivity index (χ2n) is 10.8. The number of imidazole rings is 1. The zero-order valence-corrected chi connectivity index (χ0v) is 23.7. The first kappa shape index (κ1) is 24.0. The van der Waals surface area contributed by atoms with Crippen molar-refractivity contribution >= 4 is 64.9 Å². The van der Waals surface area contributed by atoms with E-state index in [4.69, 9.17) is 11.6 Å². The van der Waals surface area contributed by atoms with Crippen molar-refractivity contribution in [3.05, 3.63) is 145 Å². The van der Waals surface area contributed by atoms with Crippen molar-refractivity contribution < 1.29 is 0 Å². The smallest absolute Gasteiger partial charge is 0.188 e. The molecule has 4 nitrogen and oxygen atoms in total. The second kappa shape index (κ2) is 9.15. The third-order valence-electron chi connectivity index (χ3n) is 8.34. The third-order valence-corrected chi connectivity index (χ3v) is 9.50. The van der Waals surface area contributed by atoms with E-state index in [1.807, 2.05) is 18.2 Å². The van der Waals surface area contributed by atoms with Crippen molar-refractivity contribution in [3.63, 3.8) is 0 Å². The molecule has 0 N–H and O–H groups in total. The minimum atomic E-state index is 0.648. The number of para-hydroxylation sites is 1. The van der Waals surface area contributed by atoms with E-state index in [-0.39, 0.29) is 0 Å². The van der Waals surface area contributed by atoms with Gasteiger partial charge in [-0.3, -0.25) is 4.40 Å². The van der Waals surface area contributed by atoms with Gasteiger partial charge < -0.3 is 4.57 Å². The quantitative estimate of drug-likeness (QED) is 0.195. The van der Waals surface area contributed by atoms with Crippen LogP contribution in [0.5, 0.6) is 0 Å². The topological polar surface area (TPSA) is 26.6 Å². The van der Waals surface area contributed by atoms with E-state index in [2.05, 4.69) is 129 Å². The summed E-state index contributed by atoms with van der Waals surface area (Å²) < 4.78 is 5.77. The number of thiophene rings is 1. The Morgan fingerprint density at radius 3 is 2.19 bits per heavy atom. The maximum Gasteiger partial charge on any atom is 0.188 e. The lowest BCUT2D eigenvalue weighted by Gasteiger charge is -2.09. The Balaban J connectivity index is 1.19. The third kappa shape index (κ3) is 3.64. The first-order valence-corrected chi connectivity index (χ1v) is 15.0. The summed E-state index contributed by atoms with van der Waals surface area (Å²) in [5.74, 6) is 0. The average Bonchev–Trinajstić information content (AvgIpc) is 3.72. The van der Waals surface area contributed by atoms with Crippen molar-refractivity contribution in [2.24, 2.45) is 0 Å². The van der Waals surface area contributed by atoms with Crippen LogP contribution in [0.3, 0.4) is 0 Å². The molecule has 0 saturated carbocycles. The molecular weight excluding hydrogens is 545 g/mol. The van der Waals surface area contributed by atoms with Gasteiger partial charge in [0.25, 0.3) is 0 Å². The lowest BCUT2D eigenvalue weighted by molar-refractivity contribution is 1.18. The fraction of sp³-hybridized carbons (Fsp3) is 0. The molecule has 0 spiro atoms. The predicted octanol–water partition coefficient (Wildman–Crippen LogP) is 10.7. The van der Waals surface area contributed by atoms with Crippen molar-refractivity contribution in [3.8, 4) is 27.9 Å². The first-order valence-electron chi connectivity index (χ1n) is 14.2. The minimum absolute atomic E-state index is 0.648. The van der Waals surface area contributed by atoms with Gasteiger partial charge in [-0.25, -0.2) is 9.83 Å². The van der Waals surface area contributed by atoms with E-state index in [1.165, 1.54) is 14.9 Å². The van der Waals surface area contributed by atoms with Gasteiger partial charge in [0.1, 0.15) is 16.0 Å². The van der Waals surface area contributed by atoms with Crippen molar-refractivity contribution in [1.82, 2.24) is 14.0 Å². The van der Waals surface area contributed by atoms with Crippen LogP contribution in [0.25, 0.3) is 80.7 Å². The van der Waals surface area contributed by atoms with Gasteiger partial charge in [-0.05, 0) is 88.3 Å². The SMILES string of the molecule is [C-]#[N+]c1ccc2c(c1)c1cc(-c3cccc(-c4ccc5nc6c7ccccc7sc6n5c4)c3)ccc1n2-c1ccccc1. The van der Waals surface area contributed by atoms with E-state index in [0.29, 0.717) is 5.69 Å². The molecule has 0 aliphatic heterocycles. The largest absolute Gasteiger partial charge is 0.309 e. The summed E-state index contributed by atoms with van der Waals surface area (Å²) in [7, 11) is 0. The summed E-state index contributed by atoms with van der Waals surface area (Å²) >= 11 is 1.79. The van der Waals surface area contributed by atoms with Crippen LogP contribution in [0.1, 0.15) is 0 Å². The zero-order valence-electron chi connectivity index (χ0n) is 22.9. The van der Waals surface area contributed by atoms with E-state index in [1.54, 1.807) is 11.3 Å². The van der Waals surface area contributed by atoms with Crippen LogP contribution in [-0.2, 0) is 0 Å². The number of aromatic nitrogens is 3. The summed E-state index contributed by atoms with van der Waals surface area (Å²) in [4.78, 5) is 9.84. The molecule has 4 aromatic heterocycles. The van der Waals surface area contributed by atoms with Crippen LogP contribution in [0.4, 0.5) is 5.69 Å². The van der Waals surface area contributed by atoms with E-state index in [9.17, 15) is 0 Å². The highest BCUT2D eigenvalue weighted by Gasteiger charge is 2.15. The second-order valence-corrected chi connectivity index (χ2v) is 11.8. The molecule has 0 bridgehead atoms. The Morgan fingerprint density at radius 1 is 0.605 bits per heavy atom. The molecule has 0 atom stereocenters. The Morgan fingerprint density at radius 2 is 1.33 bits per heavy atom. The van der Waals surface area contributed by atoms with Crippen LogP contribution in [-0.4, -0.2) is 14.0 Å². The highest BCUT2D eigenvalue weighted by molar-refractivity contribution is 7.25. The van der Waals surface area contributed by atoms with Gasteiger partial charge >= 0.3 is 0 Å². The standard InChI is InChI=1S/C38H22N4S/c1-39-28-16-18-34-32(22-28)31-21-26(14-17-33(31)42(34)29-10-3-2-4-11-29)24-8-7-9-25(20-24)27-15-19-36-40-37-30-12-5-6-13-35(30)43-38(37)41(36)23-27/h2-23H. The highest BCUT2D eigenvalue weighted by atomic mass is 32.1. The summed E-state index contributed by atoms with van der Waals surface area (Å²) in [6.45, 7) is 7.61. The van der Waals surface area contributed by atoms with Crippen molar-refractivity contribution in [1.29, 1.82) is 0 Å². The maximum atomic E-state index is 7.61. The van der Waals surface area contributed by atoms with Crippen molar-refractivity contribution in [2.75, 3.05) is 0 Å². The summed E-state index contributed by atoms with van der Waals surface area (Å²) in [5, 5.41) is 3.43. The molecule has 0 aliphatic carbocycles. The molecule has 0 unspecified atom stereocenters. The van der Waals surface area contributed by atoms with Crippen LogP contribution in [0.15, 0.2) is 134 Å². The highest BCUT2D eigenvalue weighted by Crippen LogP contribution is 2.38. The average molecular weight is 567 g/mol. The molecule has 0 aliphatic rings. The Labute approximate surface area is 251 Å². The fourth-order valence-electron chi connectivity index (χ4n) is 6.32. The molecule has 9 rings (SSSR count). The molecule has 0 saturated heterocycles. The minimum Gasteiger partial charge on any atom is -0.309 e. The number of fused-ring (bicyclic) bond motifs is 8. The van der Waals surface area contributed by atoms with Crippen LogP contribution in [0.2, 0.25) is 0 Å². The van der Waals surface area contributed by atoms with Gasteiger partial charge in [-0.1, -0.05) is 66.7 Å². The molecule has 4 heterocycles. The van der Waals surface area contributed by atoms with Crippen LogP contribution >= 0.6 is 11.3 Å². The summed E-state index contributed by atoms with van der Waals surface area (Å²) in [5.41, 5.74) is 10.6. The number of hydrogen-bond acceptors (Lipinski definition) is 2. The van der Waals surface area contributed by atoms with Crippen LogP contribution < -0.4 is 0 Å². The molecule has 43 heavy (non-hydrogen) atoms. The Hall–Kier alpha value is -5.70. The summed E-state index contributed by atoms with van der Waals surface area (Å²) in [6, 6.07) is 44.6. The number of rotatable bonds is 3.